The highest BCUT2D eigenvalue weighted by Gasteiger charge is 2.05. The number of aryl methyl sites for hydroxylation is 1. The molecule has 0 aliphatic carbocycles. The van der Waals surface area contributed by atoms with Crippen molar-refractivity contribution in [3.8, 4) is 10.6 Å². The fourth-order valence-corrected chi connectivity index (χ4v) is 2.17. The first kappa shape index (κ1) is 10.1. The van der Waals surface area contributed by atoms with Crippen LogP contribution in [0.15, 0.2) is 22.7 Å². The van der Waals surface area contributed by atoms with Crippen LogP contribution in [0.1, 0.15) is 5.56 Å². The van der Waals surface area contributed by atoms with E-state index < -0.39 is 0 Å². The van der Waals surface area contributed by atoms with Gasteiger partial charge in [-0.1, -0.05) is 33.3 Å². The van der Waals surface area contributed by atoms with E-state index in [9.17, 15) is 0 Å². The molecule has 2 nitrogen and oxygen atoms in total. The third-order valence-corrected chi connectivity index (χ3v) is 3.76. The van der Waals surface area contributed by atoms with E-state index in [1.165, 1.54) is 16.9 Å². The van der Waals surface area contributed by atoms with E-state index in [1.54, 1.807) is 0 Å². The number of nitrogens with zero attached hydrogens (tertiary/aromatic N) is 2. The highest BCUT2D eigenvalue weighted by Crippen LogP contribution is 2.28. The molecule has 2 rings (SSSR count). The summed E-state index contributed by atoms with van der Waals surface area (Å²) in [5, 5.41) is 8.60. The molecule has 0 radical (unpaired) electrons. The van der Waals surface area contributed by atoms with Crippen LogP contribution in [0.5, 0.6) is 0 Å². The number of hydrogen-bond acceptors (Lipinski definition) is 3. The van der Waals surface area contributed by atoms with Crippen molar-refractivity contribution in [2.45, 2.75) is 6.92 Å². The minimum Gasteiger partial charge on any atom is -0.137 e. The van der Waals surface area contributed by atoms with Gasteiger partial charge in [-0.25, -0.2) is 0 Å². The molecule has 0 bridgehead atoms. The molecule has 2 aromatic rings. The largest absolute Gasteiger partial charge is 0.207 e. The summed E-state index contributed by atoms with van der Waals surface area (Å²) in [6, 6.07) is 6.05. The molecule has 0 atom stereocenters. The monoisotopic (exact) mass is 288 g/mol. The van der Waals surface area contributed by atoms with Gasteiger partial charge in [0.25, 0.3) is 0 Å². The lowest BCUT2D eigenvalue weighted by Gasteiger charge is -1.99. The van der Waals surface area contributed by atoms with Crippen LogP contribution in [0, 0.1) is 6.92 Å². The van der Waals surface area contributed by atoms with Crippen molar-refractivity contribution in [3.63, 3.8) is 0 Å². The van der Waals surface area contributed by atoms with E-state index in [0.29, 0.717) is 4.47 Å². The third kappa shape index (κ3) is 1.97. The molecule has 0 aliphatic heterocycles. The van der Waals surface area contributed by atoms with Gasteiger partial charge in [0.15, 0.2) is 0 Å². The summed E-state index contributed by atoms with van der Waals surface area (Å²) in [7, 11) is 0. The highest BCUT2D eigenvalue weighted by molar-refractivity contribution is 9.10. The number of rotatable bonds is 1. The van der Waals surface area contributed by atoms with E-state index in [2.05, 4.69) is 32.2 Å². The summed E-state index contributed by atoms with van der Waals surface area (Å²) in [5.41, 5.74) is 2.23. The van der Waals surface area contributed by atoms with Crippen molar-refractivity contribution in [2.75, 3.05) is 0 Å². The van der Waals surface area contributed by atoms with E-state index in [-0.39, 0.29) is 0 Å². The summed E-state index contributed by atoms with van der Waals surface area (Å²) < 4.78 is 1.57. The van der Waals surface area contributed by atoms with Gasteiger partial charge in [-0.3, -0.25) is 0 Å². The lowest BCUT2D eigenvalue weighted by Crippen LogP contribution is -1.80. The van der Waals surface area contributed by atoms with Gasteiger partial charge in [-0.05, 0) is 36.2 Å². The molecule has 1 aromatic heterocycles. The second-order valence-electron chi connectivity index (χ2n) is 2.82. The second-order valence-corrected chi connectivity index (χ2v) is 5.24. The highest BCUT2D eigenvalue weighted by atomic mass is 79.9. The lowest BCUT2D eigenvalue weighted by atomic mass is 10.1. The maximum Gasteiger partial charge on any atom is 0.207 e. The van der Waals surface area contributed by atoms with Gasteiger partial charge < -0.3 is 0 Å². The first-order chi connectivity index (χ1) is 6.66. The van der Waals surface area contributed by atoms with Crippen LogP contribution >= 0.6 is 38.9 Å². The van der Waals surface area contributed by atoms with Crippen molar-refractivity contribution in [1.29, 1.82) is 0 Å². The molecule has 72 valence electrons. The number of aromatic nitrogens is 2. The fourth-order valence-electron chi connectivity index (χ4n) is 1.10. The summed E-state index contributed by atoms with van der Waals surface area (Å²) in [5.74, 6) is 0. The Labute approximate surface area is 99.1 Å². The first-order valence-corrected chi connectivity index (χ1v) is 5.91. The molecule has 1 aromatic carbocycles. The Morgan fingerprint density at radius 3 is 2.71 bits per heavy atom. The van der Waals surface area contributed by atoms with Crippen molar-refractivity contribution < 1.29 is 0 Å². The normalized spacial score (nSPS) is 10.5. The summed E-state index contributed by atoms with van der Waals surface area (Å²) in [6.07, 6.45) is 0. The molecular formula is C9H6BrClN2S. The van der Waals surface area contributed by atoms with E-state index in [4.69, 9.17) is 11.6 Å². The second kappa shape index (κ2) is 3.96. The summed E-state index contributed by atoms with van der Waals surface area (Å²) >= 11 is 10.5. The Morgan fingerprint density at radius 2 is 2.14 bits per heavy atom. The van der Waals surface area contributed by atoms with Gasteiger partial charge in [-0.2, -0.15) is 0 Å². The Balaban J connectivity index is 2.47. The van der Waals surface area contributed by atoms with Crippen LogP contribution in [-0.4, -0.2) is 10.2 Å². The minimum absolute atomic E-state index is 0.473. The van der Waals surface area contributed by atoms with Gasteiger partial charge in [0.05, 0.1) is 0 Å². The van der Waals surface area contributed by atoms with Gasteiger partial charge in [0, 0.05) is 10.0 Å². The van der Waals surface area contributed by atoms with Gasteiger partial charge >= 0.3 is 0 Å². The molecule has 0 saturated heterocycles. The quantitative estimate of drug-likeness (QED) is 0.795. The van der Waals surface area contributed by atoms with Crippen molar-refractivity contribution in [3.05, 3.63) is 32.7 Å². The molecule has 0 amide bonds. The van der Waals surface area contributed by atoms with Crippen molar-refractivity contribution in [1.82, 2.24) is 10.2 Å². The maximum absolute atomic E-state index is 5.72. The predicted octanol–water partition coefficient (Wildman–Crippen LogP) is 3.93. The molecule has 0 fully saturated rings. The Bertz CT molecular complexity index is 470. The zero-order valence-corrected chi connectivity index (χ0v) is 10.4. The van der Waals surface area contributed by atoms with Crippen LogP contribution in [0.2, 0.25) is 4.47 Å². The third-order valence-electron chi connectivity index (χ3n) is 1.81. The molecule has 0 saturated carbocycles. The molecule has 0 unspecified atom stereocenters. The molecule has 0 spiro atoms. The lowest BCUT2D eigenvalue weighted by molar-refractivity contribution is 1.09. The van der Waals surface area contributed by atoms with Gasteiger partial charge in [0.1, 0.15) is 5.01 Å². The Kier molecular flexibility index (Phi) is 2.85. The number of benzene rings is 1. The Morgan fingerprint density at radius 1 is 1.36 bits per heavy atom. The minimum atomic E-state index is 0.473. The van der Waals surface area contributed by atoms with E-state index >= 15 is 0 Å². The topological polar surface area (TPSA) is 25.8 Å². The standard InChI is InChI=1S/C9H6BrClN2S/c1-5-4-6(2-3-7(5)10)8-12-13-9(11)14-8/h2-4H,1H3. The zero-order valence-electron chi connectivity index (χ0n) is 7.29. The van der Waals surface area contributed by atoms with Crippen LogP contribution in [-0.2, 0) is 0 Å². The van der Waals surface area contributed by atoms with Gasteiger partial charge in [-0.15, -0.1) is 10.2 Å². The van der Waals surface area contributed by atoms with E-state index in [0.717, 1.165) is 15.0 Å². The molecule has 5 heteroatoms. The first-order valence-electron chi connectivity index (χ1n) is 3.92. The smallest absolute Gasteiger partial charge is 0.137 e. The van der Waals surface area contributed by atoms with Crippen LogP contribution in [0.25, 0.3) is 10.6 Å². The average Bonchev–Trinajstić information content (AvgIpc) is 2.57. The van der Waals surface area contributed by atoms with Crippen LogP contribution < -0.4 is 0 Å². The van der Waals surface area contributed by atoms with Gasteiger partial charge in [0.2, 0.25) is 4.47 Å². The summed E-state index contributed by atoms with van der Waals surface area (Å²) in [4.78, 5) is 0. The average molecular weight is 290 g/mol. The number of halogens is 2. The van der Waals surface area contributed by atoms with Crippen molar-refractivity contribution in [2.24, 2.45) is 0 Å². The SMILES string of the molecule is Cc1cc(-c2nnc(Cl)s2)ccc1Br. The maximum atomic E-state index is 5.72. The van der Waals surface area contributed by atoms with Crippen molar-refractivity contribution >= 4 is 38.9 Å². The Hall–Kier alpha value is -0.450. The van der Waals surface area contributed by atoms with Crippen LogP contribution in [0.4, 0.5) is 0 Å². The molecule has 1 heterocycles. The summed E-state index contributed by atoms with van der Waals surface area (Å²) in [6.45, 7) is 2.04. The molecule has 0 aliphatic rings. The molecular weight excluding hydrogens is 284 g/mol. The van der Waals surface area contributed by atoms with Crippen LogP contribution in [0.3, 0.4) is 0 Å². The fraction of sp³-hybridized carbons (Fsp3) is 0.111. The van der Waals surface area contributed by atoms with E-state index in [1.807, 2.05) is 19.1 Å². The zero-order chi connectivity index (χ0) is 10.1. The number of hydrogen-bond donors (Lipinski definition) is 0. The molecule has 0 N–H and O–H groups in total. The predicted molar refractivity (Wildman–Crippen MR) is 62.8 cm³/mol. The molecule has 14 heavy (non-hydrogen) atoms.